The SMILES string of the molecule is CN1C(C(=O)CO)=CC(c2ccns2)=NS1(=O)=O. The first-order chi connectivity index (χ1) is 8.45. The normalized spacial score (nSPS) is 18.2. The second-order valence-corrected chi connectivity index (χ2v) is 5.87. The van der Waals surface area contributed by atoms with Crippen molar-refractivity contribution in [2.45, 2.75) is 0 Å². The molecule has 0 bridgehead atoms. The van der Waals surface area contributed by atoms with Gasteiger partial charge in [-0.15, -0.1) is 4.40 Å². The Morgan fingerprint density at radius 3 is 2.83 bits per heavy atom. The summed E-state index contributed by atoms with van der Waals surface area (Å²) in [7, 11) is -2.73. The molecule has 0 saturated carbocycles. The summed E-state index contributed by atoms with van der Waals surface area (Å²) in [5.41, 5.74) is 0.0308. The first kappa shape index (κ1) is 12.9. The minimum Gasteiger partial charge on any atom is -0.388 e. The largest absolute Gasteiger partial charge is 0.388 e. The number of ketones is 1. The van der Waals surface area contributed by atoms with E-state index in [0.29, 0.717) is 4.88 Å². The van der Waals surface area contributed by atoms with E-state index >= 15 is 0 Å². The van der Waals surface area contributed by atoms with Crippen LogP contribution in [0.2, 0.25) is 0 Å². The van der Waals surface area contributed by atoms with Crippen molar-refractivity contribution in [2.24, 2.45) is 4.40 Å². The summed E-state index contributed by atoms with van der Waals surface area (Å²) in [5, 5.41) is 8.83. The number of carbonyl (C=O) groups is 1. The van der Waals surface area contributed by atoms with Crippen LogP contribution in [0.5, 0.6) is 0 Å². The maximum Gasteiger partial charge on any atom is 0.345 e. The molecule has 9 heteroatoms. The van der Waals surface area contributed by atoms with Gasteiger partial charge in [0.1, 0.15) is 12.3 Å². The molecule has 0 amide bonds. The van der Waals surface area contributed by atoms with Gasteiger partial charge in [0.2, 0.25) is 5.78 Å². The van der Waals surface area contributed by atoms with Gasteiger partial charge in [0.25, 0.3) is 0 Å². The van der Waals surface area contributed by atoms with Crippen LogP contribution in [0.15, 0.2) is 28.4 Å². The zero-order valence-corrected chi connectivity index (χ0v) is 10.9. The van der Waals surface area contributed by atoms with Crippen molar-refractivity contribution >= 4 is 33.2 Å². The molecule has 0 aliphatic carbocycles. The molecule has 96 valence electrons. The van der Waals surface area contributed by atoms with Crippen LogP contribution in [-0.4, -0.2) is 47.4 Å². The van der Waals surface area contributed by atoms with Gasteiger partial charge in [-0.2, -0.15) is 8.42 Å². The van der Waals surface area contributed by atoms with Crippen LogP contribution >= 0.6 is 11.5 Å². The predicted molar refractivity (Wildman–Crippen MR) is 65.5 cm³/mol. The summed E-state index contributed by atoms with van der Waals surface area (Å²) >= 11 is 1.07. The fourth-order valence-corrected chi connectivity index (χ4v) is 2.90. The predicted octanol–water partition coefficient (Wildman–Crippen LogP) is -0.432. The Morgan fingerprint density at radius 2 is 2.28 bits per heavy atom. The lowest BCUT2D eigenvalue weighted by Crippen LogP contribution is -2.34. The maximum absolute atomic E-state index is 11.8. The van der Waals surface area contributed by atoms with Crippen molar-refractivity contribution in [2.75, 3.05) is 13.7 Å². The van der Waals surface area contributed by atoms with Gasteiger partial charge in [0.05, 0.1) is 10.6 Å². The van der Waals surface area contributed by atoms with Crippen molar-refractivity contribution in [3.8, 4) is 0 Å². The maximum atomic E-state index is 11.8. The van der Waals surface area contributed by atoms with Crippen LogP contribution < -0.4 is 0 Å². The average molecular weight is 287 g/mol. The number of nitrogens with zero attached hydrogens (tertiary/aromatic N) is 3. The topological polar surface area (TPSA) is 99.9 Å². The van der Waals surface area contributed by atoms with Crippen molar-refractivity contribution in [3.05, 3.63) is 28.9 Å². The number of rotatable bonds is 3. The highest BCUT2D eigenvalue weighted by molar-refractivity contribution is 7.88. The Balaban J connectivity index is 2.55. The Morgan fingerprint density at radius 1 is 1.56 bits per heavy atom. The van der Waals surface area contributed by atoms with Crippen LogP contribution in [-0.2, 0) is 15.0 Å². The highest BCUT2D eigenvalue weighted by atomic mass is 32.2. The fraction of sp³-hybridized carbons (Fsp3) is 0.222. The second-order valence-electron chi connectivity index (χ2n) is 3.41. The van der Waals surface area contributed by atoms with Gasteiger partial charge < -0.3 is 5.11 Å². The van der Waals surface area contributed by atoms with Gasteiger partial charge in [0, 0.05) is 13.2 Å². The van der Waals surface area contributed by atoms with Crippen LogP contribution in [0, 0.1) is 0 Å². The number of aliphatic hydroxyl groups is 1. The molecule has 1 N–H and O–H groups in total. The third-order valence-electron chi connectivity index (χ3n) is 2.29. The van der Waals surface area contributed by atoms with Gasteiger partial charge in [-0.1, -0.05) is 0 Å². The second kappa shape index (κ2) is 4.59. The molecule has 0 radical (unpaired) electrons. The molecule has 0 atom stereocenters. The van der Waals surface area contributed by atoms with E-state index in [0.717, 1.165) is 15.8 Å². The Kier molecular flexibility index (Phi) is 3.28. The van der Waals surface area contributed by atoms with Gasteiger partial charge in [-0.25, -0.2) is 4.37 Å². The number of aliphatic hydroxyl groups excluding tert-OH is 1. The molecule has 18 heavy (non-hydrogen) atoms. The molecule has 0 spiro atoms. The van der Waals surface area contributed by atoms with Gasteiger partial charge in [-0.05, 0) is 23.7 Å². The molecular weight excluding hydrogens is 278 g/mol. The van der Waals surface area contributed by atoms with Crippen molar-refractivity contribution in [3.63, 3.8) is 0 Å². The minimum absolute atomic E-state index is 0.115. The smallest absolute Gasteiger partial charge is 0.345 e. The zero-order valence-electron chi connectivity index (χ0n) is 9.27. The fourth-order valence-electron chi connectivity index (χ4n) is 1.36. The molecule has 0 fully saturated rings. The number of hydrogen-bond donors (Lipinski definition) is 1. The highest BCUT2D eigenvalue weighted by Crippen LogP contribution is 2.21. The lowest BCUT2D eigenvalue weighted by atomic mass is 10.2. The van der Waals surface area contributed by atoms with E-state index in [1.165, 1.54) is 19.3 Å². The van der Waals surface area contributed by atoms with Crippen molar-refractivity contribution in [1.82, 2.24) is 8.68 Å². The quantitative estimate of drug-likeness (QED) is 0.813. The molecule has 0 saturated heterocycles. The molecule has 2 heterocycles. The molecule has 1 aliphatic heterocycles. The van der Waals surface area contributed by atoms with Gasteiger partial charge in [-0.3, -0.25) is 9.10 Å². The zero-order chi connectivity index (χ0) is 13.3. The van der Waals surface area contributed by atoms with Gasteiger partial charge >= 0.3 is 10.2 Å². The summed E-state index contributed by atoms with van der Waals surface area (Å²) in [6, 6.07) is 1.60. The van der Waals surface area contributed by atoms with E-state index in [-0.39, 0.29) is 11.4 Å². The van der Waals surface area contributed by atoms with E-state index < -0.39 is 22.6 Å². The number of Topliss-reactive ketones (excluding diaryl/α,β-unsaturated/α-hetero) is 1. The summed E-state index contributed by atoms with van der Waals surface area (Å²) < 4.78 is 31.7. The summed E-state index contributed by atoms with van der Waals surface area (Å²) in [5.74, 6) is -0.682. The van der Waals surface area contributed by atoms with E-state index in [4.69, 9.17) is 5.11 Å². The monoisotopic (exact) mass is 287 g/mol. The molecule has 0 unspecified atom stereocenters. The molecular formula is C9H9N3O4S2. The first-order valence-electron chi connectivity index (χ1n) is 4.81. The molecule has 2 rings (SSSR count). The summed E-state index contributed by atoms with van der Waals surface area (Å²) in [4.78, 5) is 12.0. The van der Waals surface area contributed by atoms with E-state index in [1.807, 2.05) is 0 Å². The standard InChI is InChI=1S/C9H9N3O4S2/c1-12-7(8(14)5-13)4-6(11-18(12,15)16)9-2-3-10-17-9/h2-4,13H,5H2,1H3. The molecule has 7 nitrogen and oxygen atoms in total. The lowest BCUT2D eigenvalue weighted by molar-refractivity contribution is -0.119. The number of allylic oxidation sites excluding steroid dienone is 1. The molecule has 0 aromatic carbocycles. The minimum atomic E-state index is -3.94. The lowest BCUT2D eigenvalue weighted by Gasteiger charge is -2.22. The Bertz CT molecular complexity index is 631. The first-order valence-corrected chi connectivity index (χ1v) is 6.98. The number of carbonyl (C=O) groups excluding carboxylic acids is 1. The van der Waals surface area contributed by atoms with Crippen molar-refractivity contribution in [1.29, 1.82) is 0 Å². The Labute approximate surface area is 107 Å². The highest BCUT2D eigenvalue weighted by Gasteiger charge is 2.29. The third-order valence-corrected chi connectivity index (χ3v) is 4.38. The van der Waals surface area contributed by atoms with Gasteiger partial charge in [0.15, 0.2) is 0 Å². The van der Waals surface area contributed by atoms with Crippen LogP contribution in [0.1, 0.15) is 4.88 Å². The Hall–Kier alpha value is -1.58. The molecule has 1 aromatic heterocycles. The number of hydrogen-bond acceptors (Lipinski definition) is 6. The van der Waals surface area contributed by atoms with E-state index in [9.17, 15) is 13.2 Å². The third kappa shape index (κ3) is 2.19. The molecule has 1 aromatic rings. The average Bonchev–Trinajstić information content (AvgIpc) is 2.85. The van der Waals surface area contributed by atoms with Crippen LogP contribution in [0.25, 0.3) is 0 Å². The van der Waals surface area contributed by atoms with Crippen LogP contribution in [0.3, 0.4) is 0 Å². The van der Waals surface area contributed by atoms with Crippen molar-refractivity contribution < 1.29 is 18.3 Å². The molecule has 1 aliphatic rings. The van der Waals surface area contributed by atoms with E-state index in [1.54, 1.807) is 6.07 Å². The summed E-state index contributed by atoms with van der Waals surface area (Å²) in [6.45, 7) is -0.762. The summed E-state index contributed by atoms with van der Waals surface area (Å²) in [6.07, 6.45) is 2.84. The van der Waals surface area contributed by atoms with E-state index in [2.05, 4.69) is 8.77 Å². The number of aromatic nitrogens is 1. The number of likely N-dealkylation sites (N-methyl/N-ethyl adjacent to an activating group) is 1. The van der Waals surface area contributed by atoms with Crippen LogP contribution in [0.4, 0.5) is 0 Å².